The number of para-hydroxylation sites is 2. The zero-order valence-electron chi connectivity index (χ0n) is 16.1. The molecule has 4 nitrogen and oxygen atoms in total. The van der Waals surface area contributed by atoms with Crippen molar-refractivity contribution in [3.05, 3.63) is 65.5 Å². The number of hydrogen-bond donors (Lipinski definition) is 2. The van der Waals surface area contributed by atoms with E-state index in [0.29, 0.717) is 5.56 Å². The molecular formula is C22H27N3O. The van der Waals surface area contributed by atoms with Crippen LogP contribution in [0.15, 0.2) is 48.5 Å². The van der Waals surface area contributed by atoms with Gasteiger partial charge in [-0.3, -0.25) is 4.79 Å². The molecule has 1 amide bonds. The van der Waals surface area contributed by atoms with Crippen LogP contribution in [0.3, 0.4) is 0 Å². The van der Waals surface area contributed by atoms with Crippen LogP contribution in [0, 0.1) is 5.92 Å². The van der Waals surface area contributed by atoms with Crippen molar-refractivity contribution in [1.82, 2.24) is 15.3 Å². The molecule has 26 heavy (non-hydrogen) atoms. The summed E-state index contributed by atoms with van der Waals surface area (Å²) in [7, 11) is 0. The van der Waals surface area contributed by atoms with Crippen LogP contribution in [-0.2, 0) is 5.41 Å². The van der Waals surface area contributed by atoms with Crippen molar-refractivity contribution in [3.8, 4) is 0 Å². The molecule has 2 N–H and O–H groups in total. The number of fused-ring (bicyclic) bond motifs is 1. The number of imidazole rings is 1. The number of carbonyl (C=O) groups is 1. The number of hydrogen-bond acceptors (Lipinski definition) is 2. The summed E-state index contributed by atoms with van der Waals surface area (Å²) < 4.78 is 0. The summed E-state index contributed by atoms with van der Waals surface area (Å²) in [5.41, 5.74) is 3.85. The molecule has 0 fully saturated rings. The number of H-pyrrole nitrogens is 1. The lowest BCUT2D eigenvalue weighted by Gasteiger charge is -2.21. The number of nitrogens with one attached hydrogen (secondary N) is 2. The van der Waals surface area contributed by atoms with Gasteiger partial charge in [0.1, 0.15) is 5.82 Å². The molecule has 4 heteroatoms. The highest BCUT2D eigenvalue weighted by Gasteiger charge is 2.23. The molecule has 136 valence electrons. The highest BCUT2D eigenvalue weighted by Crippen LogP contribution is 2.24. The van der Waals surface area contributed by atoms with E-state index in [4.69, 9.17) is 0 Å². The molecule has 0 radical (unpaired) electrons. The van der Waals surface area contributed by atoms with Crippen molar-refractivity contribution in [2.45, 2.75) is 46.1 Å². The zero-order valence-corrected chi connectivity index (χ0v) is 16.1. The Kier molecular flexibility index (Phi) is 4.86. The fourth-order valence-corrected chi connectivity index (χ4v) is 3.02. The number of carbonyl (C=O) groups excluding carboxylic acids is 1. The quantitative estimate of drug-likeness (QED) is 0.697. The summed E-state index contributed by atoms with van der Waals surface area (Å²) >= 11 is 0. The molecule has 0 unspecified atom stereocenters. The lowest BCUT2D eigenvalue weighted by molar-refractivity contribution is 0.0923. The standard InChI is InChI=1S/C22H27N3O/c1-14(2)19(20-23-17-8-6-7-9-18(17)24-20)25-21(26)15-10-12-16(13-11-15)22(3,4)5/h6-14,19H,1-5H3,(H,23,24)(H,25,26)/t19-/m1/s1. The Balaban J connectivity index is 1.82. The van der Waals surface area contributed by atoms with Crippen LogP contribution in [0.4, 0.5) is 0 Å². The highest BCUT2D eigenvalue weighted by atomic mass is 16.1. The third kappa shape index (κ3) is 3.79. The molecule has 0 aliphatic carbocycles. The summed E-state index contributed by atoms with van der Waals surface area (Å²) in [6.07, 6.45) is 0. The number of aromatic nitrogens is 2. The van der Waals surface area contributed by atoms with E-state index >= 15 is 0 Å². The molecule has 2 aromatic carbocycles. The second-order valence-electron chi connectivity index (χ2n) is 8.16. The van der Waals surface area contributed by atoms with Crippen molar-refractivity contribution in [3.63, 3.8) is 0 Å². The normalized spacial score (nSPS) is 13.2. The molecule has 1 heterocycles. The Morgan fingerprint density at radius 1 is 1.04 bits per heavy atom. The maximum absolute atomic E-state index is 12.8. The van der Waals surface area contributed by atoms with Crippen LogP contribution in [0.2, 0.25) is 0 Å². The average Bonchev–Trinajstić information content (AvgIpc) is 3.02. The molecule has 0 aliphatic heterocycles. The Bertz CT molecular complexity index is 868. The minimum absolute atomic E-state index is 0.0732. The number of nitrogens with zero attached hydrogens (tertiary/aromatic N) is 1. The number of rotatable bonds is 4. The molecule has 0 spiro atoms. The van der Waals surface area contributed by atoms with Crippen LogP contribution >= 0.6 is 0 Å². The first kappa shape index (κ1) is 18.2. The van der Waals surface area contributed by atoms with Crippen LogP contribution < -0.4 is 5.32 Å². The van der Waals surface area contributed by atoms with Crippen molar-refractivity contribution in [1.29, 1.82) is 0 Å². The molecule has 3 rings (SSSR count). The van der Waals surface area contributed by atoms with Gasteiger partial charge in [-0.2, -0.15) is 0 Å². The van der Waals surface area contributed by atoms with Gasteiger partial charge in [-0.05, 0) is 41.2 Å². The molecule has 0 bridgehead atoms. The third-order valence-corrected chi connectivity index (χ3v) is 4.67. The van der Waals surface area contributed by atoms with Crippen LogP contribution in [0.5, 0.6) is 0 Å². The lowest BCUT2D eigenvalue weighted by atomic mass is 9.86. The van der Waals surface area contributed by atoms with Gasteiger partial charge in [0.15, 0.2) is 0 Å². The molecule has 0 aliphatic rings. The van der Waals surface area contributed by atoms with Gasteiger partial charge in [0.2, 0.25) is 0 Å². The molecule has 0 saturated heterocycles. The molecule has 1 atom stereocenters. The Morgan fingerprint density at radius 3 is 2.27 bits per heavy atom. The van der Waals surface area contributed by atoms with E-state index < -0.39 is 0 Å². The first-order chi connectivity index (χ1) is 12.3. The lowest BCUT2D eigenvalue weighted by Crippen LogP contribution is -2.32. The van der Waals surface area contributed by atoms with Crippen molar-refractivity contribution >= 4 is 16.9 Å². The average molecular weight is 349 g/mol. The topological polar surface area (TPSA) is 57.8 Å². The largest absolute Gasteiger partial charge is 0.342 e. The van der Waals surface area contributed by atoms with Gasteiger partial charge >= 0.3 is 0 Å². The first-order valence-corrected chi connectivity index (χ1v) is 9.12. The van der Waals surface area contributed by atoms with Crippen LogP contribution in [0.1, 0.15) is 62.4 Å². The van der Waals surface area contributed by atoms with E-state index in [0.717, 1.165) is 16.9 Å². The van der Waals surface area contributed by atoms with E-state index in [1.54, 1.807) is 0 Å². The number of aromatic amines is 1. The van der Waals surface area contributed by atoms with E-state index in [1.165, 1.54) is 5.56 Å². The molecule has 1 aromatic heterocycles. The van der Waals surface area contributed by atoms with E-state index in [9.17, 15) is 4.79 Å². The second-order valence-corrected chi connectivity index (χ2v) is 8.16. The summed E-state index contributed by atoms with van der Waals surface area (Å²) in [5.74, 6) is 0.929. The predicted molar refractivity (Wildman–Crippen MR) is 106 cm³/mol. The highest BCUT2D eigenvalue weighted by molar-refractivity contribution is 5.94. The van der Waals surface area contributed by atoms with Gasteiger partial charge in [-0.25, -0.2) is 4.98 Å². The summed E-state index contributed by atoms with van der Waals surface area (Å²) in [6, 6.07) is 15.6. The number of benzene rings is 2. The van der Waals surface area contributed by atoms with Crippen molar-refractivity contribution < 1.29 is 4.79 Å². The number of amides is 1. The fourth-order valence-electron chi connectivity index (χ4n) is 3.02. The predicted octanol–water partition coefficient (Wildman–Crippen LogP) is 4.99. The van der Waals surface area contributed by atoms with Gasteiger partial charge in [0.05, 0.1) is 17.1 Å². The first-order valence-electron chi connectivity index (χ1n) is 9.12. The Morgan fingerprint density at radius 2 is 1.69 bits per heavy atom. The van der Waals surface area contributed by atoms with E-state index in [-0.39, 0.29) is 23.3 Å². The Hall–Kier alpha value is -2.62. The molecule has 3 aromatic rings. The third-order valence-electron chi connectivity index (χ3n) is 4.67. The Labute approximate surface area is 155 Å². The minimum atomic E-state index is -0.169. The zero-order chi connectivity index (χ0) is 18.9. The van der Waals surface area contributed by atoms with Gasteiger partial charge in [-0.1, -0.05) is 58.9 Å². The van der Waals surface area contributed by atoms with Gasteiger partial charge < -0.3 is 10.3 Å². The molecular weight excluding hydrogens is 322 g/mol. The van der Waals surface area contributed by atoms with E-state index in [1.807, 2.05) is 48.5 Å². The monoisotopic (exact) mass is 349 g/mol. The van der Waals surface area contributed by atoms with E-state index in [2.05, 4.69) is 49.9 Å². The fraction of sp³-hybridized carbons (Fsp3) is 0.364. The minimum Gasteiger partial charge on any atom is -0.342 e. The SMILES string of the molecule is CC(C)[C@@H](NC(=O)c1ccc(C(C)(C)C)cc1)c1nc2ccccc2[nH]1. The maximum Gasteiger partial charge on any atom is 0.251 e. The maximum atomic E-state index is 12.8. The second kappa shape index (κ2) is 6.94. The van der Waals surface area contributed by atoms with Gasteiger partial charge in [0, 0.05) is 5.56 Å². The summed E-state index contributed by atoms with van der Waals surface area (Å²) in [4.78, 5) is 20.8. The van der Waals surface area contributed by atoms with Gasteiger partial charge in [0.25, 0.3) is 5.91 Å². The summed E-state index contributed by atoms with van der Waals surface area (Å²) in [6.45, 7) is 10.7. The van der Waals surface area contributed by atoms with Crippen LogP contribution in [0.25, 0.3) is 11.0 Å². The summed E-state index contributed by atoms with van der Waals surface area (Å²) in [5, 5.41) is 3.14. The van der Waals surface area contributed by atoms with Crippen molar-refractivity contribution in [2.24, 2.45) is 5.92 Å². The van der Waals surface area contributed by atoms with Crippen LogP contribution in [-0.4, -0.2) is 15.9 Å². The van der Waals surface area contributed by atoms with Gasteiger partial charge in [-0.15, -0.1) is 0 Å². The smallest absolute Gasteiger partial charge is 0.251 e. The molecule has 0 saturated carbocycles. The van der Waals surface area contributed by atoms with Crippen molar-refractivity contribution in [2.75, 3.05) is 0 Å².